The number of carboxylic acid groups (broad SMARTS) is 1. The number of hydrogen-bond donors (Lipinski definition) is 2. The summed E-state index contributed by atoms with van der Waals surface area (Å²) in [7, 11) is 0. The third-order valence-electron chi connectivity index (χ3n) is 2.64. The summed E-state index contributed by atoms with van der Waals surface area (Å²) in [4.78, 5) is 11.1. The van der Waals surface area contributed by atoms with Crippen molar-refractivity contribution in [2.75, 3.05) is 6.54 Å². The Balaban J connectivity index is 3.26. The van der Waals surface area contributed by atoms with E-state index in [1.165, 1.54) is 6.92 Å². The molecule has 0 radical (unpaired) electrons. The molecule has 0 amide bonds. The Morgan fingerprint density at radius 3 is 2.56 bits per heavy atom. The van der Waals surface area contributed by atoms with E-state index in [1.807, 2.05) is 0 Å². The molecule has 0 saturated heterocycles. The zero-order chi connectivity index (χ0) is 12.3. The predicted octanol–water partition coefficient (Wildman–Crippen LogP) is 1.66. The zero-order valence-electron chi connectivity index (χ0n) is 8.84. The fourth-order valence-electron chi connectivity index (χ4n) is 1.58. The SMILES string of the molecule is CC(CCN)(C(=O)O)c1ccc(F)cc1F. The Labute approximate surface area is 91.9 Å². The number of nitrogens with two attached hydrogens (primary N) is 1. The van der Waals surface area contributed by atoms with Gasteiger partial charge in [0.15, 0.2) is 0 Å². The van der Waals surface area contributed by atoms with Crippen LogP contribution in [-0.2, 0) is 10.2 Å². The second-order valence-corrected chi connectivity index (χ2v) is 3.80. The van der Waals surface area contributed by atoms with E-state index >= 15 is 0 Å². The molecule has 0 heterocycles. The van der Waals surface area contributed by atoms with E-state index in [0.29, 0.717) is 6.07 Å². The fourth-order valence-corrected chi connectivity index (χ4v) is 1.58. The van der Waals surface area contributed by atoms with Crippen molar-refractivity contribution in [3.8, 4) is 0 Å². The summed E-state index contributed by atoms with van der Waals surface area (Å²) >= 11 is 0. The van der Waals surface area contributed by atoms with Gasteiger partial charge in [0.1, 0.15) is 11.6 Å². The fraction of sp³-hybridized carbons (Fsp3) is 0.364. The number of rotatable bonds is 4. The first-order valence-corrected chi connectivity index (χ1v) is 4.81. The Bertz CT molecular complexity index is 409. The molecule has 0 aliphatic rings. The van der Waals surface area contributed by atoms with Crippen LogP contribution in [0, 0.1) is 11.6 Å². The van der Waals surface area contributed by atoms with Crippen LogP contribution in [-0.4, -0.2) is 17.6 Å². The van der Waals surface area contributed by atoms with Crippen LogP contribution in [0.4, 0.5) is 8.78 Å². The van der Waals surface area contributed by atoms with E-state index in [1.54, 1.807) is 0 Å². The Kier molecular flexibility index (Phi) is 3.59. The van der Waals surface area contributed by atoms with E-state index in [-0.39, 0.29) is 18.5 Å². The molecule has 0 spiro atoms. The lowest BCUT2D eigenvalue weighted by Gasteiger charge is -2.25. The lowest BCUT2D eigenvalue weighted by molar-refractivity contribution is -0.143. The summed E-state index contributed by atoms with van der Waals surface area (Å²) < 4.78 is 26.2. The van der Waals surface area contributed by atoms with Gasteiger partial charge in [-0.3, -0.25) is 4.79 Å². The first-order valence-electron chi connectivity index (χ1n) is 4.81. The summed E-state index contributed by atoms with van der Waals surface area (Å²) in [6.07, 6.45) is 0.0882. The minimum Gasteiger partial charge on any atom is -0.481 e. The van der Waals surface area contributed by atoms with Crippen molar-refractivity contribution in [2.24, 2.45) is 5.73 Å². The molecule has 3 N–H and O–H groups in total. The number of carboxylic acids is 1. The molecule has 0 saturated carbocycles. The molecule has 88 valence electrons. The average Bonchev–Trinajstić information content (AvgIpc) is 2.17. The summed E-state index contributed by atoms with van der Waals surface area (Å²) in [6.45, 7) is 1.48. The highest BCUT2D eigenvalue weighted by Gasteiger charge is 2.36. The van der Waals surface area contributed by atoms with Crippen molar-refractivity contribution in [3.05, 3.63) is 35.4 Å². The van der Waals surface area contributed by atoms with Crippen molar-refractivity contribution in [1.82, 2.24) is 0 Å². The highest BCUT2D eigenvalue weighted by molar-refractivity contribution is 5.80. The topological polar surface area (TPSA) is 63.3 Å². The van der Waals surface area contributed by atoms with Crippen LogP contribution in [0.1, 0.15) is 18.9 Å². The van der Waals surface area contributed by atoms with Gasteiger partial charge in [0.2, 0.25) is 0 Å². The normalized spacial score (nSPS) is 14.5. The van der Waals surface area contributed by atoms with Gasteiger partial charge in [-0.25, -0.2) is 8.78 Å². The average molecular weight is 229 g/mol. The molecule has 1 aromatic rings. The van der Waals surface area contributed by atoms with Crippen molar-refractivity contribution < 1.29 is 18.7 Å². The number of aliphatic carboxylic acids is 1. The largest absolute Gasteiger partial charge is 0.481 e. The monoisotopic (exact) mass is 229 g/mol. The van der Waals surface area contributed by atoms with Gasteiger partial charge in [0, 0.05) is 11.6 Å². The number of benzene rings is 1. The van der Waals surface area contributed by atoms with Gasteiger partial charge in [-0.05, 0) is 26.0 Å². The van der Waals surface area contributed by atoms with Gasteiger partial charge < -0.3 is 10.8 Å². The molecular formula is C11H13F2NO2. The van der Waals surface area contributed by atoms with E-state index in [0.717, 1.165) is 12.1 Å². The second kappa shape index (κ2) is 4.57. The Morgan fingerprint density at radius 1 is 1.50 bits per heavy atom. The number of carbonyl (C=O) groups is 1. The van der Waals surface area contributed by atoms with E-state index in [9.17, 15) is 13.6 Å². The maximum absolute atomic E-state index is 13.5. The molecule has 0 aliphatic heterocycles. The Hall–Kier alpha value is -1.49. The van der Waals surface area contributed by atoms with Crippen LogP contribution in [0.25, 0.3) is 0 Å². The summed E-state index contributed by atoms with van der Waals surface area (Å²) in [5.74, 6) is -2.77. The van der Waals surface area contributed by atoms with Crippen LogP contribution in [0.3, 0.4) is 0 Å². The van der Waals surface area contributed by atoms with E-state index < -0.39 is 23.0 Å². The summed E-state index contributed by atoms with van der Waals surface area (Å²) in [5.41, 5.74) is 3.84. The van der Waals surface area contributed by atoms with Crippen LogP contribution >= 0.6 is 0 Å². The molecule has 1 unspecified atom stereocenters. The van der Waals surface area contributed by atoms with E-state index in [2.05, 4.69) is 0 Å². The molecule has 1 rings (SSSR count). The summed E-state index contributed by atoms with van der Waals surface area (Å²) in [6, 6.07) is 2.86. The van der Waals surface area contributed by atoms with E-state index in [4.69, 9.17) is 10.8 Å². The van der Waals surface area contributed by atoms with Crippen molar-refractivity contribution >= 4 is 5.97 Å². The van der Waals surface area contributed by atoms with Gasteiger partial charge in [-0.1, -0.05) is 6.07 Å². The van der Waals surface area contributed by atoms with Crippen molar-refractivity contribution in [3.63, 3.8) is 0 Å². The number of halogens is 2. The van der Waals surface area contributed by atoms with Gasteiger partial charge in [-0.15, -0.1) is 0 Å². The third kappa shape index (κ3) is 2.19. The lowest BCUT2D eigenvalue weighted by Crippen LogP contribution is -2.35. The molecule has 0 aromatic heterocycles. The smallest absolute Gasteiger partial charge is 0.313 e. The van der Waals surface area contributed by atoms with Crippen LogP contribution in [0.2, 0.25) is 0 Å². The molecule has 1 atom stereocenters. The van der Waals surface area contributed by atoms with Gasteiger partial charge in [0.25, 0.3) is 0 Å². The molecular weight excluding hydrogens is 216 g/mol. The molecule has 3 nitrogen and oxygen atoms in total. The molecule has 1 aromatic carbocycles. The molecule has 0 aliphatic carbocycles. The highest BCUT2D eigenvalue weighted by Crippen LogP contribution is 2.30. The highest BCUT2D eigenvalue weighted by atomic mass is 19.1. The van der Waals surface area contributed by atoms with Gasteiger partial charge in [0.05, 0.1) is 5.41 Å². The quantitative estimate of drug-likeness (QED) is 0.825. The molecule has 0 bridgehead atoms. The molecule has 16 heavy (non-hydrogen) atoms. The predicted molar refractivity (Wildman–Crippen MR) is 55.0 cm³/mol. The van der Waals surface area contributed by atoms with Crippen LogP contribution in [0.15, 0.2) is 18.2 Å². The first-order chi connectivity index (χ1) is 7.41. The van der Waals surface area contributed by atoms with Gasteiger partial charge in [-0.2, -0.15) is 0 Å². The zero-order valence-corrected chi connectivity index (χ0v) is 8.84. The Morgan fingerprint density at radius 2 is 2.12 bits per heavy atom. The second-order valence-electron chi connectivity index (χ2n) is 3.80. The minimum atomic E-state index is -1.42. The molecule has 5 heteroatoms. The van der Waals surface area contributed by atoms with Crippen molar-refractivity contribution in [2.45, 2.75) is 18.8 Å². The summed E-state index contributed by atoms with van der Waals surface area (Å²) in [5, 5.41) is 9.09. The van der Waals surface area contributed by atoms with Crippen molar-refractivity contribution in [1.29, 1.82) is 0 Å². The standard InChI is InChI=1S/C11H13F2NO2/c1-11(4-5-14,10(15)16)8-3-2-7(12)6-9(8)13/h2-3,6H,4-5,14H2,1H3,(H,15,16). The lowest BCUT2D eigenvalue weighted by atomic mass is 9.79. The molecule has 0 fully saturated rings. The first kappa shape index (κ1) is 12.6. The number of hydrogen-bond acceptors (Lipinski definition) is 2. The maximum Gasteiger partial charge on any atom is 0.313 e. The van der Waals surface area contributed by atoms with Gasteiger partial charge >= 0.3 is 5.97 Å². The maximum atomic E-state index is 13.5. The van der Waals surface area contributed by atoms with Crippen LogP contribution in [0.5, 0.6) is 0 Å². The minimum absolute atomic E-state index is 0.0492. The van der Waals surface area contributed by atoms with Crippen LogP contribution < -0.4 is 5.73 Å². The third-order valence-corrected chi connectivity index (χ3v) is 2.64.